The van der Waals surface area contributed by atoms with Crippen LogP contribution in [0.15, 0.2) is 46.9 Å². The molecule has 4 heteroatoms. The molecule has 1 aromatic carbocycles. The summed E-state index contributed by atoms with van der Waals surface area (Å²) in [6, 6.07) is 12.4. The third-order valence-corrected chi connectivity index (χ3v) is 5.78. The summed E-state index contributed by atoms with van der Waals surface area (Å²) in [5.41, 5.74) is 1.21. The molecule has 4 rings (SSSR count). The van der Waals surface area contributed by atoms with Crippen LogP contribution in [-0.4, -0.2) is 30.5 Å². The first-order valence-electron chi connectivity index (χ1n) is 9.85. The number of ether oxygens (including phenoxy) is 1. The fourth-order valence-electron chi connectivity index (χ4n) is 4.03. The van der Waals surface area contributed by atoms with Gasteiger partial charge in [0.15, 0.2) is 0 Å². The van der Waals surface area contributed by atoms with Crippen LogP contribution in [-0.2, 0) is 11.2 Å². The molecule has 2 heterocycles. The molecule has 3 unspecified atom stereocenters. The number of benzene rings is 1. The second kappa shape index (κ2) is 7.63. The average molecular weight is 365 g/mol. The third kappa shape index (κ3) is 4.10. The Kier molecular flexibility index (Phi) is 5.06. The van der Waals surface area contributed by atoms with Crippen LogP contribution in [0.1, 0.15) is 49.2 Å². The first-order valence-corrected chi connectivity index (χ1v) is 9.85. The molecule has 2 aliphatic rings. The lowest BCUT2D eigenvalue weighted by molar-refractivity contribution is -0.126. The number of carbonyl (C=O) groups excluding carboxylic acids is 1. The van der Waals surface area contributed by atoms with Crippen LogP contribution in [0.2, 0.25) is 0 Å². The molecule has 0 bridgehead atoms. The maximum Gasteiger partial charge on any atom is 0.246 e. The summed E-state index contributed by atoms with van der Waals surface area (Å²) >= 11 is 0. The van der Waals surface area contributed by atoms with E-state index in [1.54, 1.807) is 19.3 Å². The Morgan fingerprint density at radius 3 is 2.96 bits per heavy atom. The van der Waals surface area contributed by atoms with Crippen molar-refractivity contribution in [3.05, 3.63) is 59.6 Å². The van der Waals surface area contributed by atoms with E-state index in [1.807, 2.05) is 29.2 Å². The summed E-state index contributed by atoms with van der Waals surface area (Å²) in [5, 5.41) is 0. The minimum atomic E-state index is 0.0677. The van der Waals surface area contributed by atoms with E-state index in [-0.39, 0.29) is 11.9 Å². The average Bonchev–Trinajstić information content (AvgIpc) is 3.07. The number of rotatable bonds is 6. The smallest absolute Gasteiger partial charge is 0.246 e. The Morgan fingerprint density at radius 1 is 1.33 bits per heavy atom. The highest BCUT2D eigenvalue weighted by atomic mass is 16.5. The van der Waals surface area contributed by atoms with E-state index >= 15 is 0 Å². The van der Waals surface area contributed by atoms with Gasteiger partial charge in [0.05, 0.1) is 7.11 Å². The standard InChI is InChI=1S/C23H27NO3/c1-16-13-21(16)22-10-8-19(27-22)9-11-23(25)24-12-4-6-18(24)14-17-5-3-7-20(15-17)26-2/h3,5,7-11,15-16,18,21H,4,6,12-14H2,1-2H3/b11-9+. The molecule has 1 aliphatic carbocycles. The molecule has 1 aliphatic heterocycles. The van der Waals surface area contributed by atoms with Crippen molar-refractivity contribution in [2.45, 2.75) is 44.6 Å². The van der Waals surface area contributed by atoms with Crippen molar-refractivity contribution in [2.75, 3.05) is 13.7 Å². The van der Waals surface area contributed by atoms with Gasteiger partial charge in [-0.05, 0) is 67.5 Å². The lowest BCUT2D eigenvalue weighted by Gasteiger charge is -2.23. The molecular formula is C23H27NO3. The van der Waals surface area contributed by atoms with Crippen molar-refractivity contribution in [1.29, 1.82) is 0 Å². The Bertz CT molecular complexity index is 838. The van der Waals surface area contributed by atoms with Gasteiger partial charge in [-0.25, -0.2) is 0 Å². The molecule has 0 radical (unpaired) electrons. The second-order valence-corrected chi connectivity index (χ2v) is 7.78. The van der Waals surface area contributed by atoms with E-state index in [0.29, 0.717) is 5.92 Å². The number of methoxy groups -OCH3 is 1. The lowest BCUT2D eigenvalue weighted by atomic mass is 10.0. The van der Waals surface area contributed by atoms with Gasteiger partial charge in [-0.3, -0.25) is 4.79 Å². The van der Waals surface area contributed by atoms with Gasteiger partial charge in [-0.1, -0.05) is 19.1 Å². The number of amides is 1. The summed E-state index contributed by atoms with van der Waals surface area (Å²) in [6.45, 7) is 3.06. The molecule has 1 aromatic heterocycles. The van der Waals surface area contributed by atoms with E-state index in [9.17, 15) is 4.79 Å². The number of likely N-dealkylation sites (tertiary alicyclic amines) is 1. The van der Waals surface area contributed by atoms with E-state index in [0.717, 1.165) is 49.0 Å². The molecule has 142 valence electrons. The molecule has 3 atom stereocenters. The van der Waals surface area contributed by atoms with Gasteiger partial charge in [0, 0.05) is 24.6 Å². The van der Waals surface area contributed by atoms with Crippen LogP contribution in [0.5, 0.6) is 5.75 Å². The predicted octanol–water partition coefficient (Wildman–Crippen LogP) is 4.66. The summed E-state index contributed by atoms with van der Waals surface area (Å²) in [7, 11) is 1.68. The Balaban J connectivity index is 1.39. The van der Waals surface area contributed by atoms with Crippen molar-refractivity contribution in [3.8, 4) is 5.75 Å². The summed E-state index contributed by atoms with van der Waals surface area (Å²) in [4.78, 5) is 14.7. The van der Waals surface area contributed by atoms with Gasteiger partial charge in [0.2, 0.25) is 5.91 Å². The maximum absolute atomic E-state index is 12.7. The quantitative estimate of drug-likeness (QED) is 0.699. The molecule has 27 heavy (non-hydrogen) atoms. The Morgan fingerprint density at radius 2 is 2.19 bits per heavy atom. The Hall–Kier alpha value is -2.49. The molecule has 1 amide bonds. The minimum absolute atomic E-state index is 0.0677. The topological polar surface area (TPSA) is 42.7 Å². The predicted molar refractivity (Wildman–Crippen MR) is 106 cm³/mol. The summed E-state index contributed by atoms with van der Waals surface area (Å²) in [6.07, 6.45) is 7.62. The molecule has 4 nitrogen and oxygen atoms in total. The monoisotopic (exact) mass is 365 g/mol. The lowest BCUT2D eigenvalue weighted by Crippen LogP contribution is -2.35. The minimum Gasteiger partial charge on any atom is -0.497 e. The Labute approximate surface area is 160 Å². The van der Waals surface area contributed by atoms with Crippen LogP contribution in [0.3, 0.4) is 0 Å². The number of carbonyl (C=O) groups is 1. The normalized spacial score (nSPS) is 24.5. The number of hydrogen-bond donors (Lipinski definition) is 0. The van der Waals surface area contributed by atoms with E-state index < -0.39 is 0 Å². The summed E-state index contributed by atoms with van der Waals surface area (Å²) in [5.74, 6) is 4.03. The zero-order chi connectivity index (χ0) is 18.8. The SMILES string of the molecule is COc1cccc(CC2CCCN2C(=O)/C=C/c2ccc(C3CC3C)o2)c1. The molecular weight excluding hydrogens is 338 g/mol. The van der Waals surface area contributed by atoms with E-state index in [4.69, 9.17) is 9.15 Å². The van der Waals surface area contributed by atoms with Crippen molar-refractivity contribution in [1.82, 2.24) is 4.90 Å². The molecule has 0 N–H and O–H groups in total. The van der Waals surface area contributed by atoms with Crippen molar-refractivity contribution in [2.24, 2.45) is 5.92 Å². The number of nitrogens with zero attached hydrogens (tertiary/aromatic N) is 1. The van der Waals surface area contributed by atoms with Gasteiger partial charge in [-0.15, -0.1) is 0 Å². The highest BCUT2D eigenvalue weighted by Crippen LogP contribution is 2.47. The van der Waals surface area contributed by atoms with Gasteiger partial charge in [-0.2, -0.15) is 0 Å². The molecule has 1 saturated carbocycles. The number of furan rings is 1. The zero-order valence-electron chi connectivity index (χ0n) is 16.1. The fourth-order valence-corrected chi connectivity index (χ4v) is 4.03. The fraction of sp³-hybridized carbons (Fsp3) is 0.435. The zero-order valence-corrected chi connectivity index (χ0v) is 16.1. The molecule has 1 saturated heterocycles. The van der Waals surface area contributed by atoms with Crippen molar-refractivity contribution >= 4 is 12.0 Å². The van der Waals surface area contributed by atoms with Crippen LogP contribution < -0.4 is 4.74 Å². The van der Waals surface area contributed by atoms with Gasteiger partial charge in [0.1, 0.15) is 17.3 Å². The first-order chi connectivity index (χ1) is 13.1. The maximum atomic E-state index is 12.7. The third-order valence-electron chi connectivity index (χ3n) is 5.78. The number of hydrogen-bond acceptors (Lipinski definition) is 3. The summed E-state index contributed by atoms with van der Waals surface area (Å²) < 4.78 is 11.2. The van der Waals surface area contributed by atoms with Gasteiger partial charge < -0.3 is 14.1 Å². The van der Waals surface area contributed by atoms with Crippen LogP contribution in [0.25, 0.3) is 6.08 Å². The molecule has 2 aromatic rings. The largest absolute Gasteiger partial charge is 0.497 e. The van der Waals surface area contributed by atoms with Crippen LogP contribution >= 0.6 is 0 Å². The molecule has 2 fully saturated rings. The highest BCUT2D eigenvalue weighted by Gasteiger charge is 2.36. The van der Waals surface area contributed by atoms with Crippen molar-refractivity contribution < 1.29 is 13.9 Å². The van der Waals surface area contributed by atoms with E-state index in [1.165, 1.54) is 12.0 Å². The van der Waals surface area contributed by atoms with Crippen molar-refractivity contribution in [3.63, 3.8) is 0 Å². The van der Waals surface area contributed by atoms with Crippen LogP contribution in [0.4, 0.5) is 0 Å². The van der Waals surface area contributed by atoms with E-state index in [2.05, 4.69) is 19.1 Å². The first kappa shape index (κ1) is 17.9. The van der Waals surface area contributed by atoms with Crippen LogP contribution in [0, 0.1) is 5.92 Å². The van der Waals surface area contributed by atoms with Gasteiger partial charge >= 0.3 is 0 Å². The van der Waals surface area contributed by atoms with Gasteiger partial charge in [0.25, 0.3) is 0 Å². The second-order valence-electron chi connectivity index (χ2n) is 7.78. The molecule has 0 spiro atoms. The highest BCUT2D eigenvalue weighted by molar-refractivity contribution is 5.91.